The summed E-state index contributed by atoms with van der Waals surface area (Å²) in [6.45, 7) is 9.17. The van der Waals surface area contributed by atoms with Crippen molar-refractivity contribution < 1.29 is 0 Å². The van der Waals surface area contributed by atoms with E-state index < -0.39 is 0 Å². The van der Waals surface area contributed by atoms with Crippen molar-refractivity contribution in [1.82, 2.24) is 9.36 Å². The summed E-state index contributed by atoms with van der Waals surface area (Å²) in [5.74, 6) is 0.897. The molecule has 0 fully saturated rings. The first kappa shape index (κ1) is 12.7. The van der Waals surface area contributed by atoms with Crippen LogP contribution < -0.4 is 5.32 Å². The van der Waals surface area contributed by atoms with Crippen molar-refractivity contribution in [3.63, 3.8) is 0 Å². The van der Waals surface area contributed by atoms with Gasteiger partial charge in [-0.25, -0.2) is 4.98 Å². The van der Waals surface area contributed by atoms with Crippen molar-refractivity contribution in [1.29, 1.82) is 0 Å². The number of rotatable bonds is 4. The summed E-state index contributed by atoms with van der Waals surface area (Å²) in [5, 5.41) is 4.32. The highest BCUT2D eigenvalue weighted by atomic mass is 35.5. The molecule has 86 valence electrons. The lowest BCUT2D eigenvalue weighted by atomic mass is 9.96. The highest BCUT2D eigenvalue weighted by Crippen LogP contribution is 2.22. The summed E-state index contributed by atoms with van der Waals surface area (Å²) < 4.78 is 4.32. The summed E-state index contributed by atoms with van der Waals surface area (Å²) in [7, 11) is 0. The second-order valence-corrected chi connectivity index (χ2v) is 6.17. The monoisotopic (exact) mass is 247 g/mol. The summed E-state index contributed by atoms with van der Waals surface area (Å²) in [6, 6.07) is 0. The van der Waals surface area contributed by atoms with Gasteiger partial charge in [0.2, 0.25) is 5.13 Å². The zero-order valence-corrected chi connectivity index (χ0v) is 11.2. The van der Waals surface area contributed by atoms with Crippen molar-refractivity contribution in [3.8, 4) is 0 Å². The zero-order chi connectivity index (χ0) is 11.5. The molecule has 0 aromatic carbocycles. The van der Waals surface area contributed by atoms with Gasteiger partial charge >= 0.3 is 0 Å². The Hall–Kier alpha value is -0.350. The van der Waals surface area contributed by atoms with Crippen molar-refractivity contribution in [2.24, 2.45) is 0 Å². The van der Waals surface area contributed by atoms with Crippen LogP contribution in [0, 0.1) is 0 Å². The van der Waals surface area contributed by atoms with Gasteiger partial charge in [0.05, 0.1) is 0 Å². The topological polar surface area (TPSA) is 37.8 Å². The minimum Gasteiger partial charge on any atom is -0.360 e. The van der Waals surface area contributed by atoms with E-state index in [0.29, 0.717) is 0 Å². The van der Waals surface area contributed by atoms with Crippen molar-refractivity contribution in [2.45, 2.75) is 44.9 Å². The third-order valence-electron chi connectivity index (χ3n) is 1.92. The first-order chi connectivity index (χ1) is 6.89. The van der Waals surface area contributed by atoms with Gasteiger partial charge in [-0.1, -0.05) is 20.8 Å². The number of nitrogens with zero attached hydrogens (tertiary/aromatic N) is 2. The molecule has 3 nitrogen and oxygen atoms in total. The molecule has 1 heterocycles. The Morgan fingerprint density at radius 3 is 2.60 bits per heavy atom. The zero-order valence-electron chi connectivity index (χ0n) is 9.67. The van der Waals surface area contributed by atoms with Crippen LogP contribution in [-0.2, 0) is 5.41 Å². The molecule has 1 aromatic heterocycles. The quantitative estimate of drug-likeness (QED) is 0.830. The number of halogens is 1. The van der Waals surface area contributed by atoms with E-state index in [1.54, 1.807) is 0 Å². The number of nitrogens with one attached hydrogen (secondary N) is 1. The van der Waals surface area contributed by atoms with Crippen LogP contribution >= 0.6 is 23.1 Å². The van der Waals surface area contributed by atoms with Crippen LogP contribution in [0.25, 0.3) is 0 Å². The van der Waals surface area contributed by atoms with Gasteiger partial charge in [0.1, 0.15) is 5.82 Å². The standard InChI is InChI=1S/C10H18ClN3S/c1-7(11)5-6-12-9-13-8(14-15-9)10(2,3)4/h7H,5-6H2,1-4H3,(H,12,13,14). The number of alkyl halides is 1. The molecule has 0 saturated carbocycles. The molecule has 1 aromatic rings. The second kappa shape index (κ2) is 5.12. The van der Waals surface area contributed by atoms with Gasteiger partial charge in [-0.3, -0.25) is 0 Å². The Morgan fingerprint density at radius 1 is 1.47 bits per heavy atom. The van der Waals surface area contributed by atoms with Crippen LogP contribution in [0.2, 0.25) is 0 Å². The predicted molar refractivity (Wildman–Crippen MR) is 67.0 cm³/mol. The van der Waals surface area contributed by atoms with Gasteiger partial charge in [0.25, 0.3) is 0 Å². The molecule has 0 aliphatic carbocycles. The average molecular weight is 248 g/mol. The fourth-order valence-corrected chi connectivity index (χ4v) is 1.87. The normalized spacial score (nSPS) is 13.9. The number of aromatic nitrogens is 2. The fourth-order valence-electron chi connectivity index (χ4n) is 0.978. The van der Waals surface area contributed by atoms with E-state index in [-0.39, 0.29) is 10.8 Å². The fraction of sp³-hybridized carbons (Fsp3) is 0.800. The summed E-state index contributed by atoms with van der Waals surface area (Å²) in [6.07, 6.45) is 0.936. The van der Waals surface area contributed by atoms with E-state index in [4.69, 9.17) is 11.6 Å². The van der Waals surface area contributed by atoms with E-state index in [2.05, 4.69) is 35.4 Å². The Kier molecular flexibility index (Phi) is 4.34. The van der Waals surface area contributed by atoms with E-state index in [1.165, 1.54) is 11.5 Å². The Morgan fingerprint density at radius 2 is 2.13 bits per heavy atom. The van der Waals surface area contributed by atoms with Crippen LogP contribution in [-0.4, -0.2) is 21.3 Å². The third kappa shape index (κ3) is 4.34. The van der Waals surface area contributed by atoms with Crippen LogP contribution in [0.15, 0.2) is 0 Å². The molecule has 0 spiro atoms. The number of hydrogen-bond acceptors (Lipinski definition) is 4. The SMILES string of the molecule is CC(Cl)CCNc1nc(C(C)(C)C)ns1. The first-order valence-corrected chi connectivity index (χ1v) is 6.32. The maximum Gasteiger partial charge on any atom is 0.202 e. The van der Waals surface area contributed by atoms with Gasteiger partial charge in [0, 0.05) is 28.9 Å². The van der Waals surface area contributed by atoms with Gasteiger partial charge in [0.15, 0.2) is 0 Å². The Bertz CT molecular complexity index is 304. The van der Waals surface area contributed by atoms with Gasteiger partial charge in [-0.05, 0) is 13.3 Å². The third-order valence-corrected chi connectivity index (χ3v) is 2.81. The molecule has 1 N–H and O–H groups in total. The summed E-state index contributed by atoms with van der Waals surface area (Å²) >= 11 is 7.26. The van der Waals surface area contributed by atoms with Crippen LogP contribution in [0.1, 0.15) is 39.9 Å². The molecule has 0 saturated heterocycles. The molecule has 0 aliphatic rings. The smallest absolute Gasteiger partial charge is 0.202 e. The molecule has 0 radical (unpaired) electrons. The lowest BCUT2D eigenvalue weighted by Crippen LogP contribution is -2.13. The van der Waals surface area contributed by atoms with Gasteiger partial charge < -0.3 is 5.32 Å². The Balaban J connectivity index is 2.47. The van der Waals surface area contributed by atoms with Crippen molar-refractivity contribution in [3.05, 3.63) is 5.82 Å². The molecular weight excluding hydrogens is 230 g/mol. The minimum absolute atomic E-state index is 0.0240. The average Bonchev–Trinajstić information content (AvgIpc) is 2.51. The number of anilines is 1. The molecular formula is C10H18ClN3S. The van der Waals surface area contributed by atoms with Crippen LogP contribution in [0.3, 0.4) is 0 Å². The van der Waals surface area contributed by atoms with E-state index in [9.17, 15) is 0 Å². The molecule has 0 amide bonds. The summed E-state index contributed by atoms with van der Waals surface area (Å²) in [4.78, 5) is 4.43. The molecule has 15 heavy (non-hydrogen) atoms. The molecule has 1 atom stereocenters. The van der Waals surface area contributed by atoms with Crippen molar-refractivity contribution >= 4 is 28.3 Å². The lowest BCUT2D eigenvalue weighted by molar-refractivity contribution is 0.555. The maximum absolute atomic E-state index is 5.85. The minimum atomic E-state index is 0.0240. The summed E-state index contributed by atoms with van der Waals surface area (Å²) in [5.41, 5.74) is 0.0240. The predicted octanol–water partition coefficient (Wildman–Crippen LogP) is 3.26. The van der Waals surface area contributed by atoms with Gasteiger partial charge in [-0.2, -0.15) is 4.37 Å². The van der Waals surface area contributed by atoms with Crippen molar-refractivity contribution in [2.75, 3.05) is 11.9 Å². The number of hydrogen-bond donors (Lipinski definition) is 1. The molecule has 0 bridgehead atoms. The maximum atomic E-state index is 5.85. The second-order valence-electron chi connectivity index (χ2n) is 4.67. The Labute approximate surface area is 100 Å². The van der Waals surface area contributed by atoms with Crippen LogP contribution in [0.4, 0.5) is 5.13 Å². The van der Waals surface area contributed by atoms with Gasteiger partial charge in [-0.15, -0.1) is 11.6 Å². The van der Waals surface area contributed by atoms with Crippen LogP contribution in [0.5, 0.6) is 0 Å². The molecule has 5 heteroatoms. The largest absolute Gasteiger partial charge is 0.360 e. The molecule has 1 unspecified atom stereocenters. The first-order valence-electron chi connectivity index (χ1n) is 5.11. The van der Waals surface area contributed by atoms with E-state index in [1.807, 2.05) is 6.92 Å². The lowest BCUT2D eigenvalue weighted by Gasteiger charge is -2.12. The molecule has 1 rings (SSSR count). The highest BCUT2D eigenvalue weighted by Gasteiger charge is 2.19. The highest BCUT2D eigenvalue weighted by molar-refractivity contribution is 7.09. The van der Waals surface area contributed by atoms with E-state index in [0.717, 1.165) is 23.9 Å². The molecule has 0 aliphatic heterocycles. The van der Waals surface area contributed by atoms with E-state index >= 15 is 0 Å².